The fourth-order valence-corrected chi connectivity index (χ4v) is 5.93. The number of ether oxygens (including phenoxy) is 3. The summed E-state index contributed by atoms with van der Waals surface area (Å²) in [5.41, 5.74) is 1.36. The average molecular weight is 579 g/mol. The van der Waals surface area contributed by atoms with Crippen LogP contribution in [0.5, 0.6) is 0 Å². The quantitative estimate of drug-likeness (QED) is 0.467. The summed E-state index contributed by atoms with van der Waals surface area (Å²) >= 11 is 6.45. The summed E-state index contributed by atoms with van der Waals surface area (Å²) in [5.74, 6) is 0.0503. The minimum Gasteiger partial charge on any atom is -0.453 e. The highest BCUT2D eigenvalue weighted by Gasteiger charge is 2.51. The Kier molecular flexibility index (Phi) is 7.01. The molecule has 0 spiro atoms. The normalized spacial score (nSPS) is 28.1. The van der Waals surface area contributed by atoms with E-state index >= 15 is 4.39 Å². The molecule has 0 unspecified atom stereocenters. The highest BCUT2D eigenvalue weighted by atomic mass is 35.5. The van der Waals surface area contributed by atoms with E-state index in [1.165, 1.54) is 19.4 Å². The van der Waals surface area contributed by atoms with Gasteiger partial charge in [-0.05, 0) is 32.4 Å². The first-order chi connectivity index (χ1) is 19.2. The monoisotopic (exact) mass is 578 g/mol. The maximum Gasteiger partial charge on any atom is 0.409 e. The number of methoxy groups -OCH3 is 1. The molecule has 3 aliphatic rings. The minimum atomic E-state index is -1.56. The first-order valence-electron chi connectivity index (χ1n) is 13.1. The zero-order chi connectivity index (χ0) is 28.3. The van der Waals surface area contributed by atoms with Crippen molar-refractivity contribution >= 4 is 34.7 Å². The molecule has 6 rings (SSSR count). The summed E-state index contributed by atoms with van der Waals surface area (Å²) in [4.78, 5) is 26.9. The number of nitrogens with zero attached hydrogens (tertiary/aromatic N) is 5. The van der Waals surface area contributed by atoms with Gasteiger partial charge >= 0.3 is 6.09 Å². The maximum atomic E-state index is 15.6. The Morgan fingerprint density at radius 1 is 1.32 bits per heavy atom. The van der Waals surface area contributed by atoms with Gasteiger partial charge in [-0.25, -0.2) is 28.5 Å². The number of hydrogen-bond acceptors (Lipinski definition) is 9. The predicted octanol–water partition coefficient (Wildman–Crippen LogP) is 3.66. The second-order valence-electron chi connectivity index (χ2n) is 10.5. The van der Waals surface area contributed by atoms with Crippen LogP contribution in [-0.4, -0.2) is 93.1 Å². The summed E-state index contributed by atoms with van der Waals surface area (Å²) in [6.07, 6.45) is -2.99. The Labute approximate surface area is 233 Å². The molecule has 14 heteroatoms. The lowest BCUT2D eigenvalue weighted by molar-refractivity contribution is -0.175. The Morgan fingerprint density at radius 3 is 2.88 bits per heavy atom. The lowest BCUT2D eigenvalue weighted by atomic mass is 9.99. The molecule has 1 amide bonds. The van der Waals surface area contributed by atoms with Crippen LogP contribution in [0.2, 0.25) is 5.02 Å². The van der Waals surface area contributed by atoms with Crippen molar-refractivity contribution in [1.29, 1.82) is 0 Å². The molecule has 3 aliphatic heterocycles. The molecule has 40 heavy (non-hydrogen) atoms. The second kappa shape index (κ2) is 10.4. The summed E-state index contributed by atoms with van der Waals surface area (Å²) in [5, 5.41) is 13.5. The molecule has 214 valence electrons. The molecule has 3 saturated heterocycles. The number of benzene rings is 1. The van der Waals surface area contributed by atoms with Crippen molar-refractivity contribution < 1.29 is 32.9 Å². The molecule has 0 aliphatic carbocycles. The highest BCUT2D eigenvalue weighted by Crippen LogP contribution is 2.37. The van der Waals surface area contributed by atoms with E-state index in [2.05, 4.69) is 20.3 Å². The van der Waals surface area contributed by atoms with Gasteiger partial charge in [0, 0.05) is 30.6 Å². The smallest absolute Gasteiger partial charge is 0.409 e. The first-order valence-corrected chi connectivity index (χ1v) is 13.5. The topological polar surface area (TPSA) is 124 Å². The van der Waals surface area contributed by atoms with Crippen molar-refractivity contribution in [3.05, 3.63) is 35.0 Å². The van der Waals surface area contributed by atoms with Crippen LogP contribution in [-0.2, 0) is 14.2 Å². The third-order valence-electron chi connectivity index (χ3n) is 7.67. The Hall–Kier alpha value is -3.13. The number of carbonyl (C=O) groups excluding carboxylic acids is 1. The molecule has 2 bridgehead atoms. The number of fused-ring (bicyclic) bond motifs is 3. The number of alkyl halides is 1. The number of likely N-dealkylation sites (tertiary alicyclic amines) is 1. The molecule has 0 radical (unpaired) electrons. The van der Waals surface area contributed by atoms with Crippen LogP contribution < -0.4 is 5.32 Å². The summed E-state index contributed by atoms with van der Waals surface area (Å²) < 4.78 is 47.9. The van der Waals surface area contributed by atoms with Crippen LogP contribution in [0, 0.1) is 5.82 Å². The van der Waals surface area contributed by atoms with Crippen LogP contribution >= 0.6 is 11.6 Å². The minimum absolute atomic E-state index is 0.0137. The molecule has 5 heterocycles. The van der Waals surface area contributed by atoms with Gasteiger partial charge in [0.2, 0.25) is 5.95 Å². The fraction of sp³-hybridized carbons (Fsp3) is 0.538. The third kappa shape index (κ3) is 4.54. The molecule has 2 N–H and O–H groups in total. The van der Waals surface area contributed by atoms with Gasteiger partial charge < -0.3 is 34.1 Å². The number of imidazole rings is 1. The second-order valence-corrected chi connectivity index (χ2v) is 10.9. The predicted molar refractivity (Wildman–Crippen MR) is 140 cm³/mol. The number of aliphatic hydroxyl groups is 1. The van der Waals surface area contributed by atoms with Crippen LogP contribution in [0.4, 0.5) is 19.5 Å². The number of rotatable bonds is 5. The van der Waals surface area contributed by atoms with E-state index in [-0.39, 0.29) is 40.7 Å². The van der Waals surface area contributed by atoms with Crippen LogP contribution in [0.25, 0.3) is 22.3 Å². The van der Waals surface area contributed by atoms with E-state index in [0.717, 1.165) is 0 Å². The molecular weight excluding hydrogens is 550 g/mol. The van der Waals surface area contributed by atoms with E-state index in [1.807, 2.05) is 18.4 Å². The van der Waals surface area contributed by atoms with Gasteiger partial charge in [-0.3, -0.25) is 0 Å². The lowest BCUT2D eigenvalue weighted by Gasteiger charge is -2.34. The summed E-state index contributed by atoms with van der Waals surface area (Å²) in [6, 6.07) is 1.93. The van der Waals surface area contributed by atoms with Crippen molar-refractivity contribution in [3.63, 3.8) is 0 Å². The zero-order valence-electron chi connectivity index (χ0n) is 22.1. The summed E-state index contributed by atoms with van der Waals surface area (Å²) in [7, 11) is 1.34. The van der Waals surface area contributed by atoms with E-state index in [1.54, 1.807) is 11.0 Å². The van der Waals surface area contributed by atoms with Crippen LogP contribution in [0.15, 0.2) is 18.3 Å². The molecule has 2 aromatic heterocycles. The molecule has 11 nitrogen and oxygen atoms in total. The van der Waals surface area contributed by atoms with E-state index in [4.69, 9.17) is 25.8 Å². The Bertz CT molecular complexity index is 1440. The van der Waals surface area contributed by atoms with Gasteiger partial charge in [0.05, 0.1) is 42.2 Å². The van der Waals surface area contributed by atoms with Crippen molar-refractivity contribution in [2.75, 3.05) is 32.1 Å². The number of nitrogens with one attached hydrogen (secondary N) is 1. The standard InChI is InChI=1S/C26H29ClF2N6O5/c1-11(2)35-16-7-13(6-15(28)20(16)31-23(35)12-4-5-34(9-12)26(37)38-3)19-14(27)8-30-25(32-19)33-21-18(29)17-10-39-24(40-17)22(21)36/h6-8,11-12,17-18,21-22,24,36H,4-5,9-10H2,1-3H3,(H,30,32,33)/t12-,17-,18+,21-,22+,24-/m1/s1. The molecule has 3 aromatic rings. The third-order valence-corrected chi connectivity index (χ3v) is 7.95. The van der Waals surface area contributed by atoms with Gasteiger partial charge in [-0.1, -0.05) is 11.6 Å². The summed E-state index contributed by atoms with van der Waals surface area (Å²) in [6.45, 7) is 4.94. The van der Waals surface area contributed by atoms with Crippen molar-refractivity contribution in [2.45, 2.75) is 62.9 Å². The Morgan fingerprint density at radius 2 is 2.12 bits per heavy atom. The molecule has 1 aromatic carbocycles. The lowest BCUT2D eigenvalue weighted by Crippen LogP contribution is -2.55. The number of aliphatic hydroxyl groups excluding tert-OH is 1. The number of halogens is 3. The van der Waals surface area contributed by atoms with E-state index in [0.29, 0.717) is 36.4 Å². The maximum absolute atomic E-state index is 15.6. The first kappa shape index (κ1) is 27.1. The largest absolute Gasteiger partial charge is 0.453 e. The SMILES string of the molecule is COC(=O)N1CC[C@@H](c2nc3c(F)cc(-c4nc(N[C@H]5[C@H](O)[C@@H]6OC[C@@H](O6)[C@@H]5F)ncc4Cl)cc3n2C(C)C)C1. The number of anilines is 1. The van der Waals surface area contributed by atoms with Gasteiger partial charge in [-0.2, -0.15) is 0 Å². The van der Waals surface area contributed by atoms with Crippen molar-refractivity contribution in [3.8, 4) is 11.3 Å². The van der Waals surface area contributed by atoms with Crippen molar-refractivity contribution in [2.24, 2.45) is 0 Å². The number of amides is 1. The average Bonchev–Trinajstić information content (AvgIpc) is 3.68. The number of aromatic nitrogens is 4. The molecular formula is C26H29ClF2N6O5. The molecule has 0 saturated carbocycles. The highest BCUT2D eigenvalue weighted by molar-refractivity contribution is 6.33. The van der Waals surface area contributed by atoms with Gasteiger partial charge in [0.1, 0.15) is 23.5 Å². The van der Waals surface area contributed by atoms with Gasteiger partial charge in [0.15, 0.2) is 18.3 Å². The zero-order valence-corrected chi connectivity index (χ0v) is 22.8. The molecule has 6 atom stereocenters. The van der Waals surface area contributed by atoms with Gasteiger partial charge in [-0.15, -0.1) is 0 Å². The Balaban J connectivity index is 1.35. The number of carbonyl (C=O) groups is 1. The van der Waals surface area contributed by atoms with E-state index < -0.39 is 42.6 Å². The van der Waals surface area contributed by atoms with E-state index in [9.17, 15) is 14.3 Å². The number of hydrogen-bond donors (Lipinski definition) is 2. The van der Waals surface area contributed by atoms with Crippen LogP contribution in [0.1, 0.15) is 38.1 Å². The fourth-order valence-electron chi connectivity index (χ4n) is 5.73. The molecule has 3 fully saturated rings. The van der Waals surface area contributed by atoms with Crippen molar-refractivity contribution in [1.82, 2.24) is 24.4 Å². The van der Waals surface area contributed by atoms with Crippen LogP contribution in [0.3, 0.4) is 0 Å². The van der Waals surface area contributed by atoms with Gasteiger partial charge in [0.25, 0.3) is 0 Å².